The number of nitrogen functional groups attached to an aromatic ring is 1. The number of carbonyl (C=O) groups excluding carboxylic acids is 1. The average molecular weight is 351 g/mol. The molecule has 2 N–H and O–H groups in total. The highest BCUT2D eigenvalue weighted by molar-refractivity contribution is 9.10. The summed E-state index contributed by atoms with van der Waals surface area (Å²) in [5.74, 6) is 0.126. The number of hydrogen-bond donors (Lipinski definition) is 1. The van der Waals surface area contributed by atoms with Crippen molar-refractivity contribution in [2.45, 2.75) is 46.1 Å². The van der Waals surface area contributed by atoms with Gasteiger partial charge in [0.05, 0.1) is 0 Å². The molecule has 4 heteroatoms. The first-order valence-corrected chi connectivity index (χ1v) is 8.35. The van der Waals surface area contributed by atoms with E-state index in [1.54, 1.807) is 6.07 Å². The SMILES string of the molecule is CC1(C)CC2CC(C)(CN2C(=O)c2ccc(Br)c(N)c2)C1. The fourth-order valence-corrected chi connectivity index (χ4v) is 4.79. The summed E-state index contributed by atoms with van der Waals surface area (Å²) in [4.78, 5) is 14.9. The van der Waals surface area contributed by atoms with Crippen molar-refractivity contribution in [3.8, 4) is 0 Å². The third kappa shape index (κ3) is 2.70. The number of nitrogens with zero attached hydrogens (tertiary/aromatic N) is 1. The highest BCUT2D eigenvalue weighted by Crippen LogP contribution is 2.52. The molecule has 1 aromatic rings. The Bertz CT molecular complexity index is 598. The topological polar surface area (TPSA) is 46.3 Å². The summed E-state index contributed by atoms with van der Waals surface area (Å²) < 4.78 is 0.840. The van der Waals surface area contributed by atoms with E-state index in [4.69, 9.17) is 5.73 Å². The minimum absolute atomic E-state index is 0.126. The normalized spacial score (nSPS) is 30.5. The van der Waals surface area contributed by atoms with Crippen LogP contribution in [0, 0.1) is 10.8 Å². The van der Waals surface area contributed by atoms with Gasteiger partial charge in [-0.25, -0.2) is 0 Å². The van der Waals surface area contributed by atoms with E-state index in [1.165, 1.54) is 6.42 Å². The molecule has 3 nitrogen and oxygen atoms in total. The van der Waals surface area contributed by atoms with Crippen molar-refractivity contribution in [2.75, 3.05) is 12.3 Å². The Morgan fingerprint density at radius 3 is 2.71 bits per heavy atom. The van der Waals surface area contributed by atoms with Crippen LogP contribution in [0.4, 0.5) is 5.69 Å². The predicted molar refractivity (Wildman–Crippen MR) is 89.1 cm³/mol. The van der Waals surface area contributed by atoms with Gasteiger partial charge in [0, 0.05) is 28.3 Å². The minimum atomic E-state index is 0.126. The fourth-order valence-electron chi connectivity index (χ4n) is 4.54. The molecule has 1 amide bonds. The van der Waals surface area contributed by atoms with Crippen LogP contribution in [0.15, 0.2) is 22.7 Å². The van der Waals surface area contributed by atoms with Gasteiger partial charge in [0.1, 0.15) is 0 Å². The van der Waals surface area contributed by atoms with Crippen LogP contribution in [0.2, 0.25) is 0 Å². The predicted octanol–water partition coefficient (Wildman–Crippen LogP) is 4.07. The molecule has 1 aromatic carbocycles. The third-order valence-electron chi connectivity index (χ3n) is 4.92. The van der Waals surface area contributed by atoms with Crippen LogP contribution in [-0.4, -0.2) is 23.4 Å². The molecule has 1 saturated carbocycles. The monoisotopic (exact) mass is 350 g/mol. The minimum Gasteiger partial charge on any atom is -0.398 e. The Morgan fingerprint density at radius 1 is 1.33 bits per heavy atom. The molecular formula is C17H23BrN2O. The van der Waals surface area contributed by atoms with Crippen molar-refractivity contribution in [1.29, 1.82) is 0 Å². The summed E-state index contributed by atoms with van der Waals surface area (Å²) in [7, 11) is 0. The number of amides is 1. The number of carbonyl (C=O) groups is 1. The highest BCUT2D eigenvalue weighted by atomic mass is 79.9. The Morgan fingerprint density at radius 2 is 2.05 bits per heavy atom. The summed E-state index contributed by atoms with van der Waals surface area (Å²) in [5, 5.41) is 0. The van der Waals surface area contributed by atoms with Gasteiger partial charge in [-0.2, -0.15) is 0 Å². The van der Waals surface area contributed by atoms with E-state index in [-0.39, 0.29) is 11.3 Å². The van der Waals surface area contributed by atoms with Crippen molar-refractivity contribution in [3.63, 3.8) is 0 Å². The summed E-state index contributed by atoms with van der Waals surface area (Å²) in [5.41, 5.74) is 7.83. The summed E-state index contributed by atoms with van der Waals surface area (Å²) >= 11 is 3.38. The van der Waals surface area contributed by atoms with E-state index in [9.17, 15) is 4.79 Å². The van der Waals surface area contributed by atoms with Crippen LogP contribution in [0.25, 0.3) is 0 Å². The van der Waals surface area contributed by atoms with Crippen LogP contribution < -0.4 is 5.73 Å². The number of nitrogens with two attached hydrogens (primary N) is 1. The molecule has 1 saturated heterocycles. The maximum absolute atomic E-state index is 12.9. The second-order valence-corrected chi connectivity index (χ2v) is 8.74. The number of rotatable bonds is 1. The zero-order valence-electron chi connectivity index (χ0n) is 12.9. The number of likely N-dealkylation sites (tertiary alicyclic amines) is 1. The van der Waals surface area contributed by atoms with Crippen LogP contribution in [0.5, 0.6) is 0 Å². The highest BCUT2D eigenvalue weighted by Gasteiger charge is 2.50. The van der Waals surface area contributed by atoms with Gasteiger partial charge in [0.2, 0.25) is 0 Å². The summed E-state index contributed by atoms with van der Waals surface area (Å²) in [6.45, 7) is 7.84. The van der Waals surface area contributed by atoms with Crippen molar-refractivity contribution in [2.24, 2.45) is 10.8 Å². The average Bonchev–Trinajstić information content (AvgIpc) is 2.61. The molecule has 2 unspecified atom stereocenters. The summed E-state index contributed by atoms with van der Waals surface area (Å²) in [6, 6.07) is 5.87. The molecule has 3 rings (SSSR count). The standard InChI is InChI=1S/C17H23BrN2O/c1-16(2)7-12-8-17(3,9-16)10-20(12)15(21)11-4-5-13(18)14(19)6-11/h4-6,12H,7-10,19H2,1-3H3. The van der Waals surface area contributed by atoms with Gasteiger partial charge in [0.25, 0.3) is 5.91 Å². The van der Waals surface area contributed by atoms with E-state index < -0.39 is 0 Å². The molecule has 2 fully saturated rings. The fraction of sp³-hybridized carbons (Fsp3) is 0.588. The molecule has 2 bridgehead atoms. The van der Waals surface area contributed by atoms with Gasteiger partial charge in [-0.1, -0.05) is 20.8 Å². The summed E-state index contributed by atoms with van der Waals surface area (Å²) in [6.07, 6.45) is 3.43. The molecule has 0 radical (unpaired) electrons. The lowest BCUT2D eigenvalue weighted by Crippen LogP contribution is -2.37. The molecule has 0 aromatic heterocycles. The molecule has 21 heavy (non-hydrogen) atoms. The van der Waals surface area contributed by atoms with Gasteiger partial charge in [0.15, 0.2) is 0 Å². The zero-order valence-corrected chi connectivity index (χ0v) is 14.5. The first-order chi connectivity index (χ1) is 9.69. The third-order valence-corrected chi connectivity index (χ3v) is 5.64. The molecule has 1 aliphatic carbocycles. The van der Waals surface area contributed by atoms with Crippen molar-refractivity contribution < 1.29 is 4.79 Å². The molecule has 1 heterocycles. The van der Waals surface area contributed by atoms with Gasteiger partial charge in [-0.15, -0.1) is 0 Å². The number of halogens is 1. The molecule has 2 atom stereocenters. The number of hydrogen-bond acceptors (Lipinski definition) is 2. The number of anilines is 1. The van der Waals surface area contributed by atoms with Crippen molar-refractivity contribution in [1.82, 2.24) is 4.90 Å². The maximum atomic E-state index is 12.9. The Hall–Kier alpha value is -1.03. The van der Waals surface area contributed by atoms with Gasteiger partial charge in [-0.3, -0.25) is 4.79 Å². The zero-order chi connectivity index (χ0) is 15.4. The first kappa shape index (κ1) is 14.9. The second kappa shape index (κ2) is 4.73. The van der Waals surface area contributed by atoms with Crippen molar-refractivity contribution in [3.05, 3.63) is 28.2 Å². The quantitative estimate of drug-likeness (QED) is 0.775. The van der Waals surface area contributed by atoms with Gasteiger partial charge in [-0.05, 0) is 64.2 Å². The second-order valence-electron chi connectivity index (χ2n) is 7.88. The largest absolute Gasteiger partial charge is 0.398 e. The molecule has 2 aliphatic rings. The van der Waals surface area contributed by atoms with E-state index in [2.05, 4.69) is 41.6 Å². The number of benzene rings is 1. The smallest absolute Gasteiger partial charge is 0.254 e. The van der Waals surface area contributed by atoms with E-state index >= 15 is 0 Å². The van der Waals surface area contributed by atoms with E-state index in [0.29, 0.717) is 22.7 Å². The van der Waals surface area contributed by atoms with Gasteiger partial charge < -0.3 is 10.6 Å². The Kier molecular flexibility index (Phi) is 3.36. The Balaban J connectivity index is 1.87. The lowest BCUT2D eigenvalue weighted by Gasteiger charge is -2.39. The lowest BCUT2D eigenvalue weighted by molar-refractivity contribution is 0.0708. The first-order valence-electron chi connectivity index (χ1n) is 7.55. The van der Waals surface area contributed by atoms with Crippen LogP contribution >= 0.6 is 15.9 Å². The van der Waals surface area contributed by atoms with E-state index in [0.717, 1.165) is 23.9 Å². The molecular weight excluding hydrogens is 328 g/mol. The van der Waals surface area contributed by atoms with Crippen LogP contribution in [-0.2, 0) is 0 Å². The Labute approximate surface area is 135 Å². The molecule has 1 aliphatic heterocycles. The van der Waals surface area contributed by atoms with Crippen molar-refractivity contribution >= 4 is 27.5 Å². The molecule has 114 valence electrons. The molecule has 0 spiro atoms. The van der Waals surface area contributed by atoms with Gasteiger partial charge >= 0.3 is 0 Å². The van der Waals surface area contributed by atoms with Crippen LogP contribution in [0.3, 0.4) is 0 Å². The van der Waals surface area contributed by atoms with Crippen LogP contribution in [0.1, 0.15) is 50.4 Å². The maximum Gasteiger partial charge on any atom is 0.254 e. The lowest BCUT2D eigenvalue weighted by atomic mass is 9.65. The number of fused-ring (bicyclic) bond motifs is 2. The van der Waals surface area contributed by atoms with E-state index in [1.807, 2.05) is 12.1 Å².